The first kappa shape index (κ1) is 17.2. The van der Waals surface area contributed by atoms with Gasteiger partial charge < -0.3 is 14.9 Å². The van der Waals surface area contributed by atoms with E-state index in [0.29, 0.717) is 29.0 Å². The second-order valence-electron chi connectivity index (χ2n) is 5.41. The van der Waals surface area contributed by atoms with E-state index in [-0.39, 0.29) is 23.8 Å². The Kier molecular flexibility index (Phi) is 4.94. The van der Waals surface area contributed by atoms with Crippen LogP contribution in [0.2, 0.25) is 0 Å². The Bertz CT molecular complexity index is 970. The van der Waals surface area contributed by atoms with E-state index in [9.17, 15) is 15.0 Å². The Morgan fingerprint density at radius 1 is 1.08 bits per heavy atom. The summed E-state index contributed by atoms with van der Waals surface area (Å²) >= 11 is 0. The maximum Gasteiger partial charge on any atom is 0.172 e. The van der Waals surface area contributed by atoms with Crippen molar-refractivity contribution in [1.29, 1.82) is 0 Å². The van der Waals surface area contributed by atoms with Crippen LogP contribution in [-0.2, 0) is 6.61 Å². The number of phenolic OH excluding ortho intramolecular Hbond substituents is 1. The number of carbonyl (C=O) groups excluding carboxylic acids is 1. The summed E-state index contributed by atoms with van der Waals surface area (Å²) in [6.07, 6.45) is 3.62. The van der Waals surface area contributed by atoms with Gasteiger partial charge >= 0.3 is 0 Å². The van der Waals surface area contributed by atoms with Crippen LogP contribution in [-0.4, -0.2) is 26.5 Å². The minimum absolute atomic E-state index is 0.0538. The molecule has 6 heteroatoms. The van der Waals surface area contributed by atoms with Crippen molar-refractivity contribution in [3.8, 4) is 28.6 Å². The van der Waals surface area contributed by atoms with Gasteiger partial charge in [-0.3, -0.25) is 9.78 Å². The number of nitrogens with zero attached hydrogens (tertiary/aromatic N) is 2. The van der Waals surface area contributed by atoms with Gasteiger partial charge in [-0.05, 0) is 30.3 Å². The number of hydrogen-bond acceptors (Lipinski definition) is 6. The van der Waals surface area contributed by atoms with Gasteiger partial charge in [0.25, 0.3) is 0 Å². The van der Waals surface area contributed by atoms with Gasteiger partial charge in [-0.1, -0.05) is 24.8 Å². The molecule has 3 aromatic rings. The van der Waals surface area contributed by atoms with Gasteiger partial charge in [-0.25, -0.2) is 4.98 Å². The topological polar surface area (TPSA) is 92.5 Å². The Labute approximate surface area is 150 Å². The van der Waals surface area contributed by atoms with Crippen molar-refractivity contribution in [1.82, 2.24) is 9.97 Å². The second kappa shape index (κ2) is 7.48. The molecule has 6 nitrogen and oxygen atoms in total. The summed E-state index contributed by atoms with van der Waals surface area (Å²) in [5, 5.41) is 19.5. The molecule has 0 radical (unpaired) electrons. The Morgan fingerprint density at radius 3 is 2.69 bits per heavy atom. The first-order chi connectivity index (χ1) is 12.6. The molecule has 0 unspecified atom stereocenters. The quantitative estimate of drug-likeness (QED) is 0.661. The Morgan fingerprint density at radius 2 is 1.92 bits per heavy atom. The number of aromatic hydroxyl groups is 2. The standard InChI is InChI=1S/C20H16N2O4/c1-2-14-17(24)6-3-7-19(14)26-12-13-5-4-10-21-20(13)15-8-9-18(25)16(11-23)22-15/h2-11,24-25H,1,12H2. The van der Waals surface area contributed by atoms with Crippen molar-refractivity contribution in [3.05, 3.63) is 72.1 Å². The summed E-state index contributed by atoms with van der Waals surface area (Å²) in [4.78, 5) is 19.5. The van der Waals surface area contributed by atoms with Crippen molar-refractivity contribution in [2.75, 3.05) is 0 Å². The molecule has 0 spiro atoms. The number of rotatable bonds is 6. The number of ether oxygens (including phenoxy) is 1. The van der Waals surface area contributed by atoms with Gasteiger partial charge in [0.2, 0.25) is 0 Å². The molecular formula is C20H16N2O4. The van der Waals surface area contributed by atoms with E-state index in [1.54, 1.807) is 36.5 Å². The van der Waals surface area contributed by atoms with Crippen LogP contribution < -0.4 is 4.74 Å². The predicted octanol–water partition coefficient (Wildman–Crippen LogP) is 3.59. The lowest BCUT2D eigenvalue weighted by Crippen LogP contribution is -2.02. The van der Waals surface area contributed by atoms with Gasteiger partial charge in [0.1, 0.15) is 29.5 Å². The molecule has 0 aliphatic heterocycles. The molecule has 0 fully saturated rings. The first-order valence-corrected chi connectivity index (χ1v) is 7.80. The highest BCUT2D eigenvalue weighted by molar-refractivity contribution is 5.78. The lowest BCUT2D eigenvalue weighted by molar-refractivity contribution is 0.111. The fourth-order valence-corrected chi connectivity index (χ4v) is 2.49. The number of hydrogen-bond donors (Lipinski definition) is 2. The van der Waals surface area contributed by atoms with Crippen LogP contribution in [0, 0.1) is 0 Å². The zero-order valence-electron chi connectivity index (χ0n) is 13.8. The number of aromatic nitrogens is 2. The van der Waals surface area contributed by atoms with Crippen LogP contribution in [0.1, 0.15) is 21.6 Å². The molecule has 0 aliphatic rings. The molecular weight excluding hydrogens is 332 g/mol. The van der Waals surface area contributed by atoms with Crippen LogP contribution >= 0.6 is 0 Å². The summed E-state index contributed by atoms with van der Waals surface area (Å²) in [7, 11) is 0. The molecule has 0 saturated heterocycles. The number of pyridine rings is 2. The van der Waals surface area contributed by atoms with E-state index in [1.807, 2.05) is 6.07 Å². The van der Waals surface area contributed by atoms with E-state index in [1.165, 1.54) is 12.1 Å². The van der Waals surface area contributed by atoms with E-state index in [0.717, 1.165) is 5.56 Å². The summed E-state index contributed by atoms with van der Waals surface area (Å²) in [5.41, 5.74) is 2.17. The molecule has 0 amide bonds. The molecule has 2 N–H and O–H groups in total. The normalized spacial score (nSPS) is 10.3. The Hall–Kier alpha value is -3.67. The number of aldehydes is 1. The van der Waals surface area contributed by atoms with Crippen LogP contribution in [0.5, 0.6) is 17.2 Å². The fourth-order valence-electron chi connectivity index (χ4n) is 2.49. The zero-order valence-corrected chi connectivity index (χ0v) is 13.8. The molecule has 1 aromatic carbocycles. The average molecular weight is 348 g/mol. The number of carbonyl (C=O) groups is 1. The maximum absolute atomic E-state index is 11.0. The molecule has 0 atom stereocenters. The smallest absolute Gasteiger partial charge is 0.172 e. The van der Waals surface area contributed by atoms with Crippen LogP contribution in [0.4, 0.5) is 0 Å². The van der Waals surface area contributed by atoms with Crippen molar-refractivity contribution in [2.45, 2.75) is 6.61 Å². The molecule has 0 aliphatic carbocycles. The minimum atomic E-state index is -0.187. The third-order valence-electron chi connectivity index (χ3n) is 3.78. The highest BCUT2D eigenvalue weighted by Crippen LogP contribution is 2.30. The average Bonchev–Trinajstić information content (AvgIpc) is 2.67. The predicted molar refractivity (Wildman–Crippen MR) is 97.1 cm³/mol. The van der Waals surface area contributed by atoms with Crippen molar-refractivity contribution >= 4 is 12.4 Å². The Balaban J connectivity index is 1.93. The number of benzene rings is 1. The van der Waals surface area contributed by atoms with Crippen LogP contribution in [0.25, 0.3) is 17.5 Å². The third-order valence-corrected chi connectivity index (χ3v) is 3.78. The molecule has 0 saturated carbocycles. The largest absolute Gasteiger partial charge is 0.507 e. The molecule has 2 heterocycles. The van der Waals surface area contributed by atoms with Crippen LogP contribution in [0.3, 0.4) is 0 Å². The summed E-state index contributed by atoms with van der Waals surface area (Å²) in [5.74, 6) is 0.384. The lowest BCUT2D eigenvalue weighted by atomic mass is 10.1. The van der Waals surface area contributed by atoms with Crippen molar-refractivity contribution in [2.24, 2.45) is 0 Å². The highest BCUT2D eigenvalue weighted by atomic mass is 16.5. The summed E-state index contributed by atoms with van der Waals surface area (Å²) in [6, 6.07) is 11.5. The van der Waals surface area contributed by atoms with Crippen LogP contribution in [0.15, 0.2) is 55.2 Å². The summed E-state index contributed by atoms with van der Waals surface area (Å²) in [6.45, 7) is 3.85. The van der Waals surface area contributed by atoms with Gasteiger partial charge in [0, 0.05) is 11.8 Å². The lowest BCUT2D eigenvalue weighted by Gasteiger charge is -2.13. The van der Waals surface area contributed by atoms with Gasteiger partial charge in [-0.2, -0.15) is 0 Å². The highest BCUT2D eigenvalue weighted by Gasteiger charge is 2.12. The molecule has 0 bridgehead atoms. The first-order valence-electron chi connectivity index (χ1n) is 7.80. The second-order valence-corrected chi connectivity index (χ2v) is 5.41. The monoisotopic (exact) mass is 348 g/mol. The molecule has 26 heavy (non-hydrogen) atoms. The zero-order chi connectivity index (χ0) is 18.5. The van der Waals surface area contributed by atoms with Gasteiger partial charge in [0.05, 0.1) is 17.0 Å². The molecule has 2 aromatic heterocycles. The van der Waals surface area contributed by atoms with E-state index >= 15 is 0 Å². The van der Waals surface area contributed by atoms with E-state index < -0.39 is 0 Å². The SMILES string of the molecule is C=Cc1c(O)cccc1OCc1cccnc1-c1ccc(O)c(C=O)n1. The fraction of sp³-hybridized carbons (Fsp3) is 0.0500. The molecule has 130 valence electrons. The summed E-state index contributed by atoms with van der Waals surface area (Å²) < 4.78 is 5.82. The van der Waals surface area contributed by atoms with Gasteiger partial charge in [-0.15, -0.1) is 0 Å². The van der Waals surface area contributed by atoms with Crippen molar-refractivity contribution < 1.29 is 19.7 Å². The van der Waals surface area contributed by atoms with Crippen molar-refractivity contribution in [3.63, 3.8) is 0 Å². The number of phenols is 1. The van der Waals surface area contributed by atoms with E-state index in [4.69, 9.17) is 4.74 Å². The van der Waals surface area contributed by atoms with E-state index in [2.05, 4.69) is 16.5 Å². The maximum atomic E-state index is 11.0. The third kappa shape index (κ3) is 3.39. The minimum Gasteiger partial charge on any atom is -0.507 e. The molecule has 3 rings (SSSR count). The van der Waals surface area contributed by atoms with Gasteiger partial charge in [0.15, 0.2) is 6.29 Å².